The molecule has 1 aromatic heterocycles. The molecule has 1 fully saturated rings. The topological polar surface area (TPSA) is 63.7 Å². The highest BCUT2D eigenvalue weighted by Gasteiger charge is 2.11. The van der Waals surface area contributed by atoms with E-state index in [0.29, 0.717) is 5.56 Å². The predicted molar refractivity (Wildman–Crippen MR) is 86.7 cm³/mol. The number of methoxy groups -OCH3 is 1. The first-order valence-corrected chi connectivity index (χ1v) is 8.11. The van der Waals surface area contributed by atoms with Gasteiger partial charge in [-0.2, -0.15) is 0 Å². The standard InChI is InChI=1S/C15H19N3O3S/c1-20-14(19)11-2-3-12-13(10-11)22-15(17-12)16-4-5-18-6-8-21-9-7-18/h2-3,10H,4-9H2,1H3,(H,16,17). The van der Waals surface area contributed by atoms with Gasteiger partial charge in [0.05, 0.1) is 36.1 Å². The SMILES string of the molecule is COC(=O)c1ccc2nc(NCCN3CCOCC3)sc2c1. The van der Waals surface area contributed by atoms with Crippen LogP contribution in [0.1, 0.15) is 10.4 Å². The molecule has 0 bridgehead atoms. The number of aromatic nitrogens is 1. The Hall–Kier alpha value is -1.70. The van der Waals surface area contributed by atoms with Crippen LogP contribution in [0.15, 0.2) is 18.2 Å². The largest absolute Gasteiger partial charge is 0.465 e. The van der Waals surface area contributed by atoms with Gasteiger partial charge in [-0.05, 0) is 18.2 Å². The second kappa shape index (κ2) is 7.04. The summed E-state index contributed by atoms with van der Waals surface area (Å²) in [5.74, 6) is -0.322. The third-order valence-corrected chi connectivity index (χ3v) is 4.59. The summed E-state index contributed by atoms with van der Waals surface area (Å²) in [4.78, 5) is 18.4. The van der Waals surface area contributed by atoms with E-state index in [9.17, 15) is 4.79 Å². The number of ether oxygens (including phenoxy) is 2. The lowest BCUT2D eigenvalue weighted by Crippen LogP contribution is -2.38. The summed E-state index contributed by atoms with van der Waals surface area (Å²) in [5.41, 5.74) is 1.45. The van der Waals surface area contributed by atoms with Crippen molar-refractivity contribution in [2.45, 2.75) is 0 Å². The average molecular weight is 321 g/mol. The van der Waals surface area contributed by atoms with E-state index in [4.69, 9.17) is 9.47 Å². The molecule has 2 heterocycles. The van der Waals surface area contributed by atoms with Crippen molar-refractivity contribution in [3.63, 3.8) is 0 Å². The van der Waals surface area contributed by atoms with Crippen LogP contribution in [-0.4, -0.2) is 62.4 Å². The van der Waals surface area contributed by atoms with Gasteiger partial charge in [-0.15, -0.1) is 0 Å². The molecule has 1 aliphatic heterocycles. The van der Waals surface area contributed by atoms with Crippen molar-refractivity contribution in [2.75, 3.05) is 51.8 Å². The summed E-state index contributed by atoms with van der Waals surface area (Å²) in [6.45, 7) is 5.44. The number of morpholine rings is 1. The minimum absolute atomic E-state index is 0.322. The fourth-order valence-electron chi connectivity index (χ4n) is 2.39. The maximum Gasteiger partial charge on any atom is 0.337 e. The van der Waals surface area contributed by atoms with Crippen LogP contribution in [0.3, 0.4) is 0 Å². The van der Waals surface area contributed by atoms with Crippen molar-refractivity contribution in [3.8, 4) is 0 Å². The molecule has 0 radical (unpaired) electrons. The van der Waals surface area contributed by atoms with E-state index >= 15 is 0 Å². The molecule has 1 aromatic carbocycles. The normalized spacial score (nSPS) is 15.9. The van der Waals surface area contributed by atoms with E-state index in [0.717, 1.165) is 54.7 Å². The van der Waals surface area contributed by atoms with E-state index in [1.165, 1.54) is 7.11 Å². The van der Waals surface area contributed by atoms with Gasteiger partial charge in [0.1, 0.15) is 0 Å². The lowest BCUT2D eigenvalue weighted by atomic mass is 10.2. The number of carbonyl (C=O) groups excluding carboxylic acids is 1. The quantitative estimate of drug-likeness (QED) is 0.848. The predicted octanol–water partition coefficient (Wildman–Crippen LogP) is 1.83. The molecule has 1 aliphatic rings. The number of nitrogens with one attached hydrogen (secondary N) is 1. The van der Waals surface area contributed by atoms with Gasteiger partial charge >= 0.3 is 5.97 Å². The summed E-state index contributed by atoms with van der Waals surface area (Å²) < 4.78 is 11.1. The van der Waals surface area contributed by atoms with Gasteiger partial charge in [0, 0.05) is 26.2 Å². The Labute approximate surface area is 133 Å². The third kappa shape index (κ3) is 3.55. The van der Waals surface area contributed by atoms with Gasteiger partial charge in [-0.3, -0.25) is 4.90 Å². The highest BCUT2D eigenvalue weighted by molar-refractivity contribution is 7.22. The number of rotatable bonds is 5. The number of anilines is 1. The second-order valence-corrected chi connectivity index (χ2v) is 6.10. The Morgan fingerprint density at radius 1 is 1.45 bits per heavy atom. The maximum absolute atomic E-state index is 11.5. The van der Waals surface area contributed by atoms with Gasteiger partial charge in [-0.25, -0.2) is 9.78 Å². The Morgan fingerprint density at radius 3 is 3.05 bits per heavy atom. The lowest BCUT2D eigenvalue weighted by molar-refractivity contribution is 0.0398. The minimum atomic E-state index is -0.322. The van der Waals surface area contributed by atoms with Crippen LogP contribution in [0.5, 0.6) is 0 Å². The van der Waals surface area contributed by atoms with Crippen LogP contribution < -0.4 is 5.32 Å². The van der Waals surface area contributed by atoms with E-state index in [-0.39, 0.29) is 5.97 Å². The Balaban J connectivity index is 1.60. The summed E-state index contributed by atoms with van der Waals surface area (Å²) >= 11 is 1.55. The molecule has 22 heavy (non-hydrogen) atoms. The first-order chi connectivity index (χ1) is 10.8. The molecule has 0 atom stereocenters. The zero-order valence-electron chi connectivity index (χ0n) is 12.5. The minimum Gasteiger partial charge on any atom is -0.465 e. The highest BCUT2D eigenvalue weighted by atomic mass is 32.1. The van der Waals surface area contributed by atoms with Crippen molar-refractivity contribution in [3.05, 3.63) is 23.8 Å². The van der Waals surface area contributed by atoms with Crippen LogP contribution in [0.4, 0.5) is 5.13 Å². The van der Waals surface area contributed by atoms with Gasteiger partial charge in [0.25, 0.3) is 0 Å². The molecule has 6 nitrogen and oxygen atoms in total. The first kappa shape index (κ1) is 15.2. The fraction of sp³-hybridized carbons (Fsp3) is 0.467. The molecular formula is C15H19N3O3S. The first-order valence-electron chi connectivity index (χ1n) is 7.29. The molecule has 3 rings (SSSR count). The number of fused-ring (bicyclic) bond motifs is 1. The molecule has 0 saturated carbocycles. The van der Waals surface area contributed by atoms with Gasteiger partial charge < -0.3 is 14.8 Å². The van der Waals surface area contributed by atoms with Crippen LogP contribution in [-0.2, 0) is 9.47 Å². The maximum atomic E-state index is 11.5. The highest BCUT2D eigenvalue weighted by Crippen LogP contribution is 2.26. The van der Waals surface area contributed by atoms with Crippen molar-refractivity contribution in [1.82, 2.24) is 9.88 Å². The second-order valence-electron chi connectivity index (χ2n) is 5.07. The van der Waals surface area contributed by atoms with Crippen molar-refractivity contribution < 1.29 is 14.3 Å². The monoisotopic (exact) mass is 321 g/mol. The van der Waals surface area contributed by atoms with Crippen LogP contribution in [0, 0.1) is 0 Å². The van der Waals surface area contributed by atoms with E-state index in [2.05, 4.69) is 15.2 Å². The Kier molecular flexibility index (Phi) is 4.87. The number of hydrogen-bond donors (Lipinski definition) is 1. The van der Waals surface area contributed by atoms with E-state index in [1.807, 2.05) is 12.1 Å². The van der Waals surface area contributed by atoms with Gasteiger partial charge in [0.2, 0.25) is 0 Å². The average Bonchev–Trinajstić information content (AvgIpc) is 2.97. The summed E-state index contributed by atoms with van der Waals surface area (Å²) in [5, 5.41) is 4.23. The van der Waals surface area contributed by atoms with Crippen molar-refractivity contribution in [2.24, 2.45) is 0 Å². The molecule has 7 heteroatoms. The molecule has 118 valence electrons. The fourth-order valence-corrected chi connectivity index (χ4v) is 3.32. The molecule has 0 spiro atoms. The van der Waals surface area contributed by atoms with Crippen LogP contribution in [0.25, 0.3) is 10.2 Å². The van der Waals surface area contributed by atoms with Gasteiger partial charge in [-0.1, -0.05) is 11.3 Å². The number of carbonyl (C=O) groups is 1. The zero-order valence-corrected chi connectivity index (χ0v) is 13.3. The molecule has 2 aromatic rings. The number of benzene rings is 1. The van der Waals surface area contributed by atoms with Crippen LogP contribution in [0.2, 0.25) is 0 Å². The van der Waals surface area contributed by atoms with Crippen LogP contribution >= 0.6 is 11.3 Å². The molecular weight excluding hydrogens is 302 g/mol. The molecule has 0 unspecified atom stereocenters. The Bertz CT molecular complexity index is 653. The zero-order chi connectivity index (χ0) is 15.4. The van der Waals surface area contributed by atoms with Crippen molar-refractivity contribution in [1.29, 1.82) is 0 Å². The smallest absolute Gasteiger partial charge is 0.337 e. The van der Waals surface area contributed by atoms with Crippen molar-refractivity contribution >= 4 is 32.7 Å². The Morgan fingerprint density at radius 2 is 2.27 bits per heavy atom. The van der Waals surface area contributed by atoms with Gasteiger partial charge in [0.15, 0.2) is 5.13 Å². The van der Waals surface area contributed by atoms with E-state index in [1.54, 1.807) is 17.4 Å². The number of thiazole rings is 1. The molecule has 0 amide bonds. The van der Waals surface area contributed by atoms with E-state index < -0.39 is 0 Å². The molecule has 0 aliphatic carbocycles. The number of hydrogen-bond acceptors (Lipinski definition) is 7. The molecule has 1 saturated heterocycles. The number of nitrogens with zero attached hydrogens (tertiary/aromatic N) is 2. The summed E-state index contributed by atoms with van der Waals surface area (Å²) in [6.07, 6.45) is 0. The number of esters is 1. The summed E-state index contributed by atoms with van der Waals surface area (Å²) in [6, 6.07) is 5.42. The molecule has 1 N–H and O–H groups in total. The lowest BCUT2D eigenvalue weighted by Gasteiger charge is -2.26. The third-order valence-electron chi connectivity index (χ3n) is 3.62. The summed E-state index contributed by atoms with van der Waals surface area (Å²) in [7, 11) is 1.39.